The number of rotatable bonds is 10. The third-order valence-electron chi connectivity index (χ3n) is 4.88. The van der Waals surface area contributed by atoms with Crippen LogP contribution >= 0.6 is 12.4 Å². The smallest absolute Gasteiger partial charge is 0.178 e. The van der Waals surface area contributed by atoms with Gasteiger partial charge in [-0.1, -0.05) is 82.1 Å². The minimum atomic E-state index is -3.28. The molecule has 2 rings (SSSR count). The largest absolute Gasteiger partial charge is 0.303 e. The molecule has 0 bridgehead atoms. The van der Waals surface area contributed by atoms with Crippen LogP contribution in [0.4, 0.5) is 0 Å². The molecule has 0 fully saturated rings. The second-order valence-electron chi connectivity index (χ2n) is 6.70. The van der Waals surface area contributed by atoms with E-state index in [1.165, 1.54) is 6.42 Å². The highest BCUT2D eigenvalue weighted by molar-refractivity contribution is 7.91. The second-order valence-corrected chi connectivity index (χ2v) is 8.95. The highest BCUT2D eigenvalue weighted by Crippen LogP contribution is 2.29. The van der Waals surface area contributed by atoms with Crippen molar-refractivity contribution in [1.29, 1.82) is 0 Å². The summed E-state index contributed by atoms with van der Waals surface area (Å²) in [5, 5.41) is 3.74. The first kappa shape index (κ1) is 23.7. The maximum Gasteiger partial charge on any atom is 0.178 e. The summed E-state index contributed by atoms with van der Waals surface area (Å²) in [6, 6.07) is 17.8. The van der Waals surface area contributed by atoms with Crippen LogP contribution in [-0.4, -0.2) is 20.2 Å². The lowest BCUT2D eigenvalue weighted by atomic mass is 9.96. The highest BCUT2D eigenvalue weighted by Gasteiger charge is 2.24. The molecule has 5 heteroatoms. The van der Waals surface area contributed by atoms with Gasteiger partial charge in [0.25, 0.3) is 0 Å². The standard InChI is InChI=1S/C22H31NO2S.ClH/c1-4-7-15-19(5-2)23-22(18-13-9-8-10-14-18)20-16-11-12-17-21(20)26(24,25)6-3;/h8-14,16-17,19,22-23H,4-7,15H2,1-3H3;1H. The van der Waals surface area contributed by atoms with Crippen molar-refractivity contribution in [2.45, 2.75) is 63.4 Å². The topological polar surface area (TPSA) is 46.2 Å². The molecule has 0 amide bonds. The van der Waals surface area contributed by atoms with Crippen molar-refractivity contribution in [3.63, 3.8) is 0 Å². The van der Waals surface area contributed by atoms with Gasteiger partial charge in [0.05, 0.1) is 16.7 Å². The summed E-state index contributed by atoms with van der Waals surface area (Å²) in [5.74, 6) is 0.110. The van der Waals surface area contributed by atoms with Crippen LogP contribution in [-0.2, 0) is 9.84 Å². The fourth-order valence-corrected chi connectivity index (χ4v) is 4.40. The van der Waals surface area contributed by atoms with Gasteiger partial charge < -0.3 is 5.32 Å². The van der Waals surface area contributed by atoms with Gasteiger partial charge in [-0.3, -0.25) is 0 Å². The molecule has 0 spiro atoms. The van der Waals surface area contributed by atoms with E-state index in [1.807, 2.05) is 36.4 Å². The summed E-state index contributed by atoms with van der Waals surface area (Å²) in [6.45, 7) is 6.09. The Morgan fingerprint density at radius 3 is 2.15 bits per heavy atom. The number of sulfone groups is 1. The zero-order valence-electron chi connectivity index (χ0n) is 16.5. The molecule has 0 saturated heterocycles. The maximum atomic E-state index is 12.7. The first-order chi connectivity index (χ1) is 12.5. The predicted molar refractivity (Wildman–Crippen MR) is 116 cm³/mol. The molecule has 1 N–H and O–H groups in total. The first-order valence-electron chi connectivity index (χ1n) is 9.66. The Morgan fingerprint density at radius 1 is 0.926 bits per heavy atom. The summed E-state index contributed by atoms with van der Waals surface area (Å²) in [4.78, 5) is 0.439. The van der Waals surface area contributed by atoms with Crippen LogP contribution in [0.25, 0.3) is 0 Å². The number of unbranched alkanes of at least 4 members (excludes halogenated alkanes) is 1. The highest BCUT2D eigenvalue weighted by atomic mass is 35.5. The Morgan fingerprint density at radius 2 is 1.56 bits per heavy atom. The van der Waals surface area contributed by atoms with Crippen LogP contribution < -0.4 is 5.32 Å². The van der Waals surface area contributed by atoms with Crippen LogP contribution in [0, 0.1) is 0 Å². The lowest BCUT2D eigenvalue weighted by Gasteiger charge is -2.27. The lowest BCUT2D eigenvalue weighted by molar-refractivity contribution is 0.419. The number of halogens is 1. The normalized spacial score (nSPS) is 13.6. The molecule has 150 valence electrons. The van der Waals surface area contributed by atoms with Gasteiger partial charge in [0.2, 0.25) is 0 Å². The Kier molecular flexibility index (Phi) is 10.1. The summed E-state index contributed by atoms with van der Waals surface area (Å²) >= 11 is 0. The van der Waals surface area contributed by atoms with E-state index in [2.05, 4.69) is 31.3 Å². The molecule has 0 aliphatic rings. The summed E-state index contributed by atoms with van der Waals surface area (Å²) < 4.78 is 25.3. The number of nitrogens with one attached hydrogen (secondary N) is 1. The lowest BCUT2D eigenvalue weighted by Crippen LogP contribution is -2.34. The Hall–Kier alpha value is -1.36. The third kappa shape index (κ3) is 6.34. The van der Waals surface area contributed by atoms with Gasteiger partial charge in [-0.2, -0.15) is 0 Å². The van der Waals surface area contributed by atoms with E-state index in [0.29, 0.717) is 10.9 Å². The predicted octanol–water partition coefficient (Wildman–Crippen LogP) is 5.55. The van der Waals surface area contributed by atoms with E-state index in [1.54, 1.807) is 13.0 Å². The Labute approximate surface area is 170 Å². The van der Waals surface area contributed by atoms with Crippen LogP contribution in [0.15, 0.2) is 59.5 Å². The maximum absolute atomic E-state index is 12.7. The monoisotopic (exact) mass is 409 g/mol. The van der Waals surface area contributed by atoms with Crippen molar-refractivity contribution in [2.24, 2.45) is 0 Å². The van der Waals surface area contributed by atoms with E-state index in [-0.39, 0.29) is 24.2 Å². The van der Waals surface area contributed by atoms with Crippen molar-refractivity contribution in [1.82, 2.24) is 5.32 Å². The van der Waals surface area contributed by atoms with Gasteiger partial charge in [0.1, 0.15) is 0 Å². The van der Waals surface area contributed by atoms with Gasteiger partial charge >= 0.3 is 0 Å². The van der Waals surface area contributed by atoms with E-state index < -0.39 is 9.84 Å². The van der Waals surface area contributed by atoms with Crippen LogP contribution in [0.5, 0.6) is 0 Å². The minimum Gasteiger partial charge on any atom is -0.303 e. The van der Waals surface area contributed by atoms with Gasteiger partial charge in [0.15, 0.2) is 9.84 Å². The van der Waals surface area contributed by atoms with E-state index in [4.69, 9.17) is 0 Å². The van der Waals surface area contributed by atoms with Crippen molar-refractivity contribution in [3.05, 3.63) is 65.7 Å². The second kappa shape index (κ2) is 11.5. The average molecular weight is 410 g/mol. The molecule has 0 radical (unpaired) electrons. The minimum absolute atomic E-state index is 0. The van der Waals surface area contributed by atoms with Gasteiger partial charge in [0, 0.05) is 6.04 Å². The van der Waals surface area contributed by atoms with Crippen molar-refractivity contribution in [2.75, 3.05) is 5.75 Å². The van der Waals surface area contributed by atoms with E-state index in [0.717, 1.165) is 30.4 Å². The van der Waals surface area contributed by atoms with E-state index >= 15 is 0 Å². The molecule has 2 atom stereocenters. The van der Waals surface area contributed by atoms with Gasteiger partial charge in [-0.15, -0.1) is 12.4 Å². The summed E-state index contributed by atoms with van der Waals surface area (Å²) in [5.41, 5.74) is 1.94. The zero-order valence-corrected chi connectivity index (χ0v) is 18.2. The molecule has 0 saturated carbocycles. The molecule has 0 aliphatic heterocycles. The molecule has 0 aromatic heterocycles. The van der Waals surface area contributed by atoms with Crippen LogP contribution in [0.2, 0.25) is 0 Å². The molecular formula is C22H32ClNO2S. The quantitative estimate of drug-likeness (QED) is 0.559. The van der Waals surface area contributed by atoms with Gasteiger partial charge in [-0.25, -0.2) is 8.42 Å². The number of hydrogen-bond acceptors (Lipinski definition) is 3. The molecule has 2 unspecified atom stereocenters. The van der Waals surface area contributed by atoms with Crippen molar-refractivity contribution < 1.29 is 8.42 Å². The summed E-state index contributed by atoms with van der Waals surface area (Å²) in [6.07, 6.45) is 4.45. The number of hydrogen-bond donors (Lipinski definition) is 1. The van der Waals surface area contributed by atoms with Crippen LogP contribution in [0.1, 0.15) is 63.6 Å². The van der Waals surface area contributed by atoms with Gasteiger partial charge in [-0.05, 0) is 30.0 Å². The molecule has 0 heterocycles. The van der Waals surface area contributed by atoms with Crippen molar-refractivity contribution in [3.8, 4) is 0 Å². The molecule has 27 heavy (non-hydrogen) atoms. The average Bonchev–Trinajstić information content (AvgIpc) is 2.69. The summed E-state index contributed by atoms with van der Waals surface area (Å²) in [7, 11) is -3.28. The Bertz CT molecular complexity index is 778. The molecule has 2 aromatic carbocycles. The fraction of sp³-hybridized carbons (Fsp3) is 0.455. The SMILES string of the molecule is CCCCC(CC)NC(c1ccccc1)c1ccccc1S(=O)(=O)CC.Cl. The van der Waals surface area contributed by atoms with Crippen molar-refractivity contribution >= 4 is 22.2 Å². The molecule has 2 aromatic rings. The van der Waals surface area contributed by atoms with Crippen LogP contribution in [0.3, 0.4) is 0 Å². The Balaban J connectivity index is 0.00000364. The molecule has 0 aliphatic carbocycles. The third-order valence-corrected chi connectivity index (χ3v) is 6.68. The zero-order chi connectivity index (χ0) is 19.0. The molecular weight excluding hydrogens is 378 g/mol. The van der Waals surface area contributed by atoms with E-state index in [9.17, 15) is 8.42 Å². The first-order valence-corrected chi connectivity index (χ1v) is 11.3. The fourth-order valence-electron chi connectivity index (χ4n) is 3.26. The molecule has 3 nitrogen and oxygen atoms in total. The number of benzene rings is 2.